The van der Waals surface area contributed by atoms with Crippen LogP contribution < -0.4 is 0 Å². The van der Waals surface area contributed by atoms with Gasteiger partial charge in [0, 0.05) is 0 Å². The lowest BCUT2D eigenvalue weighted by molar-refractivity contribution is 0.469. The molecule has 10 heavy (non-hydrogen) atoms. The summed E-state index contributed by atoms with van der Waals surface area (Å²) < 4.78 is 29.1. The molecule has 1 unspecified atom stereocenters. The van der Waals surface area contributed by atoms with Crippen LogP contribution in [0.15, 0.2) is 0 Å². The predicted octanol–water partition coefficient (Wildman–Crippen LogP) is 1.27. The third-order valence-electron chi connectivity index (χ3n) is 1.30. The van der Waals surface area contributed by atoms with Crippen LogP contribution in [0.5, 0.6) is 0 Å². The molecule has 0 aliphatic carbocycles. The van der Waals surface area contributed by atoms with Crippen molar-refractivity contribution < 1.29 is 13.0 Å². The van der Waals surface area contributed by atoms with E-state index in [1.54, 1.807) is 0 Å². The first-order valence-electron chi connectivity index (χ1n) is 3.28. The largest absolute Gasteiger partial charge is 0.285 e. The van der Waals surface area contributed by atoms with Crippen LogP contribution in [-0.4, -0.2) is 18.2 Å². The van der Waals surface area contributed by atoms with E-state index in [9.17, 15) is 8.42 Å². The minimum absolute atomic E-state index is 0.440. The van der Waals surface area contributed by atoms with Gasteiger partial charge in [-0.1, -0.05) is 19.8 Å². The fourth-order valence-electron chi connectivity index (χ4n) is 0.581. The molecule has 0 aromatic rings. The topological polar surface area (TPSA) is 54.4 Å². The summed E-state index contributed by atoms with van der Waals surface area (Å²) in [6.45, 7) is 5.26. The summed E-state index contributed by atoms with van der Waals surface area (Å²) in [6.07, 6.45) is 2.14. The second-order valence-corrected chi connectivity index (χ2v) is 3.98. The van der Waals surface area contributed by atoms with E-state index in [0.717, 1.165) is 12.8 Å². The molecular formula is C6H13O3S. The summed E-state index contributed by atoms with van der Waals surface area (Å²) >= 11 is 0. The monoisotopic (exact) mass is 165 g/mol. The molecule has 0 aromatic carbocycles. The normalized spacial score (nSPS) is 15.1. The highest BCUT2D eigenvalue weighted by molar-refractivity contribution is 7.86. The molecule has 0 heterocycles. The van der Waals surface area contributed by atoms with Gasteiger partial charge in [-0.2, -0.15) is 8.42 Å². The molecule has 3 nitrogen and oxygen atoms in total. The first kappa shape index (κ1) is 9.91. The summed E-state index contributed by atoms with van der Waals surface area (Å²) in [7, 11) is -3.89. The highest BCUT2D eigenvalue weighted by Crippen LogP contribution is 2.06. The van der Waals surface area contributed by atoms with E-state index < -0.39 is 15.4 Å². The van der Waals surface area contributed by atoms with Crippen molar-refractivity contribution in [3.8, 4) is 0 Å². The molecule has 0 rings (SSSR count). The molecule has 0 fully saturated rings. The van der Waals surface area contributed by atoms with Crippen molar-refractivity contribution in [2.45, 2.75) is 31.4 Å². The van der Waals surface area contributed by atoms with Crippen molar-refractivity contribution >= 4 is 10.1 Å². The summed E-state index contributed by atoms with van der Waals surface area (Å²) in [6, 6.07) is 0. The maximum absolute atomic E-state index is 10.3. The van der Waals surface area contributed by atoms with Crippen molar-refractivity contribution in [3.63, 3.8) is 0 Å². The number of unbranched alkanes of at least 4 members (excludes halogenated alkanes) is 1. The fourth-order valence-corrected chi connectivity index (χ4v) is 1.05. The van der Waals surface area contributed by atoms with E-state index in [4.69, 9.17) is 4.55 Å². The van der Waals surface area contributed by atoms with Gasteiger partial charge < -0.3 is 0 Å². The Morgan fingerprint density at radius 1 is 1.60 bits per heavy atom. The smallest absolute Gasteiger partial charge is 0.267 e. The molecule has 0 aromatic heterocycles. The Morgan fingerprint density at radius 2 is 2.10 bits per heavy atom. The first-order valence-corrected chi connectivity index (χ1v) is 4.78. The third-order valence-corrected chi connectivity index (χ3v) is 2.38. The van der Waals surface area contributed by atoms with Crippen LogP contribution in [0.3, 0.4) is 0 Å². The molecule has 0 amide bonds. The van der Waals surface area contributed by atoms with Gasteiger partial charge in [-0.25, -0.2) is 0 Å². The van der Waals surface area contributed by atoms with Crippen LogP contribution in [0.2, 0.25) is 0 Å². The zero-order valence-electron chi connectivity index (χ0n) is 6.08. The van der Waals surface area contributed by atoms with Gasteiger partial charge in [-0.05, 0) is 13.3 Å². The Morgan fingerprint density at radius 3 is 2.40 bits per heavy atom. The lowest BCUT2D eigenvalue weighted by Crippen LogP contribution is -2.16. The van der Waals surface area contributed by atoms with E-state index >= 15 is 0 Å². The Bertz CT molecular complexity index is 171. The maximum Gasteiger partial charge on any atom is 0.267 e. The van der Waals surface area contributed by atoms with Crippen LogP contribution in [0.4, 0.5) is 0 Å². The Balaban J connectivity index is 3.75. The molecule has 1 radical (unpaired) electrons. The highest BCUT2D eigenvalue weighted by atomic mass is 32.2. The Hall–Kier alpha value is -0.0900. The van der Waals surface area contributed by atoms with Gasteiger partial charge in [-0.15, -0.1) is 0 Å². The molecule has 0 saturated heterocycles. The number of hydrogen-bond acceptors (Lipinski definition) is 2. The second kappa shape index (κ2) is 3.93. The average molecular weight is 165 g/mol. The zero-order valence-corrected chi connectivity index (χ0v) is 6.89. The van der Waals surface area contributed by atoms with Crippen LogP contribution in [-0.2, 0) is 10.1 Å². The first-order chi connectivity index (χ1) is 4.48. The van der Waals surface area contributed by atoms with Gasteiger partial charge in [0.1, 0.15) is 0 Å². The average Bonchev–Trinajstić information content (AvgIpc) is 1.80. The van der Waals surface area contributed by atoms with Crippen LogP contribution in [0, 0.1) is 6.92 Å². The van der Waals surface area contributed by atoms with Crippen molar-refractivity contribution in [1.82, 2.24) is 0 Å². The second-order valence-electron chi connectivity index (χ2n) is 2.28. The van der Waals surface area contributed by atoms with Crippen LogP contribution >= 0.6 is 0 Å². The molecule has 1 atom stereocenters. The van der Waals surface area contributed by atoms with Gasteiger partial charge in [0.2, 0.25) is 0 Å². The molecular weight excluding hydrogens is 152 g/mol. The molecule has 0 spiro atoms. The quantitative estimate of drug-likeness (QED) is 0.638. The van der Waals surface area contributed by atoms with Gasteiger partial charge in [-0.3, -0.25) is 4.55 Å². The lowest BCUT2D eigenvalue weighted by Gasteiger charge is -2.04. The fraction of sp³-hybridized carbons (Fsp3) is 0.833. The van der Waals surface area contributed by atoms with E-state index in [1.807, 2.05) is 6.92 Å². The van der Waals surface area contributed by atoms with Gasteiger partial charge >= 0.3 is 0 Å². The van der Waals surface area contributed by atoms with Crippen molar-refractivity contribution in [1.29, 1.82) is 0 Å². The van der Waals surface area contributed by atoms with E-state index in [2.05, 4.69) is 6.92 Å². The Labute approximate surface area is 62.2 Å². The highest BCUT2D eigenvalue weighted by Gasteiger charge is 2.15. The molecule has 4 heteroatoms. The van der Waals surface area contributed by atoms with Gasteiger partial charge in [0.25, 0.3) is 10.1 Å². The SMILES string of the molecule is [CH2]C(CCCC)S(=O)(=O)O. The minimum Gasteiger partial charge on any atom is -0.285 e. The van der Waals surface area contributed by atoms with E-state index in [1.165, 1.54) is 0 Å². The molecule has 0 aliphatic rings. The van der Waals surface area contributed by atoms with Crippen LogP contribution in [0.25, 0.3) is 0 Å². The lowest BCUT2D eigenvalue weighted by atomic mass is 10.2. The number of hydrogen-bond donors (Lipinski definition) is 1. The van der Waals surface area contributed by atoms with Crippen molar-refractivity contribution in [2.24, 2.45) is 0 Å². The van der Waals surface area contributed by atoms with E-state index in [-0.39, 0.29) is 0 Å². The molecule has 61 valence electrons. The maximum atomic E-state index is 10.3. The standard InChI is InChI=1S/C6H13O3S/c1-3-4-5-6(2)10(7,8)9/h6H,2-5H2,1H3,(H,7,8,9). The van der Waals surface area contributed by atoms with Crippen molar-refractivity contribution in [2.75, 3.05) is 0 Å². The Kier molecular flexibility index (Phi) is 3.89. The summed E-state index contributed by atoms with van der Waals surface area (Å²) in [5.41, 5.74) is 0. The van der Waals surface area contributed by atoms with E-state index in [0.29, 0.717) is 6.42 Å². The minimum atomic E-state index is -3.89. The van der Waals surface area contributed by atoms with Crippen molar-refractivity contribution in [3.05, 3.63) is 6.92 Å². The van der Waals surface area contributed by atoms with Crippen LogP contribution in [0.1, 0.15) is 26.2 Å². The van der Waals surface area contributed by atoms with Gasteiger partial charge in [0.15, 0.2) is 0 Å². The summed E-state index contributed by atoms with van der Waals surface area (Å²) in [5.74, 6) is 0. The van der Waals surface area contributed by atoms with Gasteiger partial charge in [0.05, 0.1) is 5.25 Å². The summed E-state index contributed by atoms with van der Waals surface area (Å²) in [5, 5.41) is -0.854. The summed E-state index contributed by atoms with van der Waals surface area (Å²) in [4.78, 5) is 0. The molecule has 1 N–H and O–H groups in total. The molecule has 0 bridgehead atoms. The molecule has 0 saturated carbocycles. The third kappa shape index (κ3) is 3.85. The predicted molar refractivity (Wildman–Crippen MR) is 40.2 cm³/mol. The number of rotatable bonds is 4. The zero-order chi connectivity index (χ0) is 8.20. The molecule has 0 aliphatic heterocycles.